The number of hydrogen-bond acceptors (Lipinski definition) is 3. The van der Waals surface area contributed by atoms with Gasteiger partial charge in [0.05, 0.1) is 17.8 Å². The van der Waals surface area contributed by atoms with Crippen molar-refractivity contribution < 1.29 is 4.79 Å². The molecule has 4 heteroatoms. The van der Waals surface area contributed by atoms with Crippen molar-refractivity contribution in [1.82, 2.24) is 9.78 Å². The van der Waals surface area contributed by atoms with Crippen LogP contribution in [0.3, 0.4) is 0 Å². The Hall–Kier alpha value is -2.10. The maximum absolute atomic E-state index is 10.6. The monoisotopic (exact) mass is 227 g/mol. The van der Waals surface area contributed by atoms with E-state index >= 15 is 0 Å². The van der Waals surface area contributed by atoms with Crippen LogP contribution in [0.1, 0.15) is 16.4 Å². The Morgan fingerprint density at radius 3 is 2.65 bits per heavy atom. The molecule has 0 amide bonds. The summed E-state index contributed by atoms with van der Waals surface area (Å²) < 4.78 is 1.88. The van der Waals surface area contributed by atoms with E-state index in [2.05, 4.69) is 22.1 Å². The lowest BCUT2D eigenvalue weighted by atomic mass is 10.1. The van der Waals surface area contributed by atoms with Gasteiger partial charge in [0, 0.05) is 25.0 Å². The average molecular weight is 227 g/mol. The van der Waals surface area contributed by atoms with Crippen molar-refractivity contribution >= 4 is 12.0 Å². The normalized spacial score (nSPS) is 15.6. The van der Waals surface area contributed by atoms with E-state index in [0.29, 0.717) is 11.6 Å². The number of benzene rings is 1. The predicted octanol–water partition coefficient (Wildman–Crippen LogP) is 1.76. The third-order valence-corrected chi connectivity index (χ3v) is 3.12. The first-order chi connectivity index (χ1) is 8.36. The minimum atomic E-state index is 0.379. The quantitative estimate of drug-likeness (QED) is 0.750. The third-order valence-electron chi connectivity index (χ3n) is 3.12. The molecule has 0 radical (unpaired) electrons. The highest BCUT2D eigenvalue weighted by molar-refractivity contribution is 5.73. The van der Waals surface area contributed by atoms with Crippen LogP contribution >= 0.6 is 0 Å². The van der Waals surface area contributed by atoms with E-state index in [1.165, 1.54) is 5.69 Å². The zero-order chi connectivity index (χ0) is 11.7. The summed E-state index contributed by atoms with van der Waals surface area (Å²) in [7, 11) is 0. The molecule has 1 aliphatic heterocycles. The van der Waals surface area contributed by atoms with E-state index in [-0.39, 0.29) is 0 Å². The van der Waals surface area contributed by atoms with Gasteiger partial charge < -0.3 is 4.90 Å². The fraction of sp³-hybridized carbons (Fsp3) is 0.231. The summed E-state index contributed by atoms with van der Waals surface area (Å²) in [5.74, 6) is 0. The van der Waals surface area contributed by atoms with Gasteiger partial charge in [0.2, 0.25) is 0 Å². The molecule has 0 N–H and O–H groups in total. The zero-order valence-corrected chi connectivity index (χ0v) is 9.36. The Balaban J connectivity index is 1.67. The molecule has 0 unspecified atom stereocenters. The summed E-state index contributed by atoms with van der Waals surface area (Å²) >= 11 is 0. The fourth-order valence-corrected chi connectivity index (χ4v) is 2.09. The molecule has 1 saturated heterocycles. The minimum Gasteiger partial charge on any atom is -0.367 e. The standard InChI is InChI=1S/C13H13N3O/c17-10-11-6-14-16(7-11)13-8-15(9-13)12-4-2-1-3-5-12/h1-7,10,13H,8-9H2. The molecule has 2 aromatic rings. The van der Waals surface area contributed by atoms with E-state index < -0.39 is 0 Å². The summed E-state index contributed by atoms with van der Waals surface area (Å²) in [6.45, 7) is 1.90. The van der Waals surface area contributed by atoms with Crippen LogP contribution < -0.4 is 4.90 Å². The molecule has 0 aliphatic carbocycles. The largest absolute Gasteiger partial charge is 0.367 e. The Labute approximate surface area is 99.5 Å². The Morgan fingerprint density at radius 1 is 1.24 bits per heavy atom. The van der Waals surface area contributed by atoms with Gasteiger partial charge in [-0.15, -0.1) is 0 Å². The molecule has 0 spiro atoms. The number of para-hydroxylation sites is 1. The van der Waals surface area contributed by atoms with Crippen molar-refractivity contribution in [3.05, 3.63) is 48.3 Å². The molecule has 86 valence electrons. The van der Waals surface area contributed by atoms with Crippen molar-refractivity contribution in [1.29, 1.82) is 0 Å². The van der Waals surface area contributed by atoms with Crippen LogP contribution in [0.4, 0.5) is 5.69 Å². The van der Waals surface area contributed by atoms with E-state index in [4.69, 9.17) is 0 Å². The van der Waals surface area contributed by atoms with E-state index in [1.807, 2.05) is 22.9 Å². The number of carbonyl (C=O) groups is 1. The number of anilines is 1. The minimum absolute atomic E-state index is 0.379. The van der Waals surface area contributed by atoms with Crippen LogP contribution in [-0.2, 0) is 0 Å². The number of aldehydes is 1. The first-order valence-electron chi connectivity index (χ1n) is 5.66. The number of carbonyl (C=O) groups excluding carboxylic acids is 1. The lowest BCUT2D eigenvalue weighted by molar-refractivity contribution is 0.112. The predicted molar refractivity (Wildman–Crippen MR) is 65.3 cm³/mol. The van der Waals surface area contributed by atoms with Gasteiger partial charge in [-0.25, -0.2) is 0 Å². The SMILES string of the molecule is O=Cc1cnn(C2CN(c3ccccc3)C2)c1. The first-order valence-corrected chi connectivity index (χ1v) is 5.66. The Kier molecular flexibility index (Phi) is 2.40. The maximum atomic E-state index is 10.6. The summed E-state index contributed by atoms with van der Waals surface area (Å²) in [4.78, 5) is 12.9. The summed E-state index contributed by atoms with van der Waals surface area (Å²) in [5, 5.41) is 4.20. The lowest BCUT2D eigenvalue weighted by Gasteiger charge is -2.40. The highest BCUT2D eigenvalue weighted by atomic mass is 16.1. The van der Waals surface area contributed by atoms with E-state index in [1.54, 1.807) is 12.4 Å². The summed E-state index contributed by atoms with van der Waals surface area (Å²) in [5.41, 5.74) is 1.88. The van der Waals surface area contributed by atoms with Crippen molar-refractivity contribution in [2.45, 2.75) is 6.04 Å². The van der Waals surface area contributed by atoms with E-state index in [0.717, 1.165) is 19.4 Å². The molecule has 1 aromatic heterocycles. The van der Waals surface area contributed by atoms with Gasteiger partial charge in [-0.05, 0) is 12.1 Å². The highest BCUT2D eigenvalue weighted by Gasteiger charge is 2.28. The van der Waals surface area contributed by atoms with Crippen molar-refractivity contribution in [3.63, 3.8) is 0 Å². The van der Waals surface area contributed by atoms with Gasteiger partial charge >= 0.3 is 0 Å². The fourth-order valence-electron chi connectivity index (χ4n) is 2.09. The van der Waals surface area contributed by atoms with Crippen molar-refractivity contribution in [3.8, 4) is 0 Å². The van der Waals surface area contributed by atoms with E-state index in [9.17, 15) is 4.79 Å². The third kappa shape index (κ3) is 1.82. The van der Waals surface area contributed by atoms with Gasteiger partial charge in [-0.3, -0.25) is 9.48 Å². The van der Waals surface area contributed by atoms with Crippen molar-refractivity contribution in [2.75, 3.05) is 18.0 Å². The van der Waals surface area contributed by atoms with Crippen molar-refractivity contribution in [2.24, 2.45) is 0 Å². The maximum Gasteiger partial charge on any atom is 0.153 e. The summed E-state index contributed by atoms with van der Waals surface area (Å²) in [6, 6.07) is 10.7. The van der Waals surface area contributed by atoms with Crippen LogP contribution in [0.15, 0.2) is 42.7 Å². The average Bonchev–Trinajstić information content (AvgIpc) is 2.77. The molecular formula is C13H13N3O. The van der Waals surface area contributed by atoms with Gasteiger partial charge in [-0.1, -0.05) is 18.2 Å². The van der Waals surface area contributed by atoms with Gasteiger partial charge in [0.25, 0.3) is 0 Å². The number of hydrogen-bond donors (Lipinski definition) is 0. The lowest BCUT2D eigenvalue weighted by Crippen LogP contribution is -2.47. The van der Waals surface area contributed by atoms with Gasteiger partial charge in [0.15, 0.2) is 6.29 Å². The topological polar surface area (TPSA) is 38.1 Å². The first kappa shape index (κ1) is 10.1. The molecule has 17 heavy (non-hydrogen) atoms. The van der Waals surface area contributed by atoms with Crippen LogP contribution in [0, 0.1) is 0 Å². The second kappa shape index (κ2) is 4.05. The number of rotatable bonds is 3. The second-order valence-corrected chi connectivity index (χ2v) is 4.27. The zero-order valence-electron chi connectivity index (χ0n) is 9.36. The Bertz CT molecular complexity index is 514. The highest BCUT2D eigenvalue weighted by Crippen LogP contribution is 2.26. The molecule has 1 aliphatic rings. The number of aromatic nitrogens is 2. The molecular weight excluding hydrogens is 214 g/mol. The van der Waals surface area contributed by atoms with Gasteiger partial charge in [0.1, 0.15) is 0 Å². The molecule has 3 rings (SSSR count). The molecule has 4 nitrogen and oxygen atoms in total. The Morgan fingerprint density at radius 2 is 2.00 bits per heavy atom. The molecule has 1 fully saturated rings. The smallest absolute Gasteiger partial charge is 0.153 e. The summed E-state index contributed by atoms with van der Waals surface area (Å²) in [6.07, 6.45) is 4.25. The molecule has 2 heterocycles. The molecule has 1 aromatic carbocycles. The molecule has 0 bridgehead atoms. The molecule has 0 atom stereocenters. The van der Waals surface area contributed by atoms with Crippen LogP contribution in [0.2, 0.25) is 0 Å². The molecule has 0 saturated carbocycles. The van der Waals surface area contributed by atoms with Crippen LogP contribution in [0.5, 0.6) is 0 Å². The van der Waals surface area contributed by atoms with Crippen LogP contribution in [-0.4, -0.2) is 29.2 Å². The second-order valence-electron chi connectivity index (χ2n) is 4.27. The number of nitrogens with zero attached hydrogens (tertiary/aromatic N) is 3. The van der Waals surface area contributed by atoms with Gasteiger partial charge in [-0.2, -0.15) is 5.10 Å². The van der Waals surface area contributed by atoms with Crippen LogP contribution in [0.25, 0.3) is 0 Å².